The minimum absolute atomic E-state index is 0.269. The monoisotopic (exact) mass is 276 g/mol. The summed E-state index contributed by atoms with van der Waals surface area (Å²) in [5, 5.41) is 27.7. The van der Waals surface area contributed by atoms with E-state index in [4.69, 9.17) is 5.11 Å². The minimum atomic E-state index is -0.771. The van der Waals surface area contributed by atoms with Crippen molar-refractivity contribution in [2.75, 3.05) is 12.4 Å². The Hall–Kier alpha value is -1.70. The molecule has 0 saturated heterocycles. The van der Waals surface area contributed by atoms with Gasteiger partial charge in [0, 0.05) is 16.7 Å². The molecule has 0 radical (unpaired) electrons. The average molecular weight is 276 g/mol. The molecule has 0 aliphatic rings. The molecule has 2 aromatic heterocycles. The number of hydrogen-bond acceptors (Lipinski definition) is 6. The van der Waals surface area contributed by atoms with Crippen molar-refractivity contribution in [1.82, 2.24) is 20.2 Å². The largest absolute Gasteiger partial charge is 0.394 e. The lowest BCUT2D eigenvalue weighted by atomic mass is 10.2. The van der Waals surface area contributed by atoms with E-state index in [9.17, 15) is 5.11 Å². The van der Waals surface area contributed by atoms with Gasteiger partial charge in [-0.25, -0.2) is 4.98 Å². The number of thioether (sulfide) groups is 1. The summed E-state index contributed by atoms with van der Waals surface area (Å²) in [4.78, 5) is 7.54. The Morgan fingerprint density at radius 3 is 2.95 bits per heavy atom. The number of fused-ring (bicyclic) bond motifs is 3. The van der Waals surface area contributed by atoms with E-state index in [-0.39, 0.29) is 6.61 Å². The molecule has 3 aromatic rings. The summed E-state index contributed by atoms with van der Waals surface area (Å²) in [5.41, 5.74) is 2.39. The fraction of sp³-hybridized carbons (Fsp3) is 0.250. The van der Waals surface area contributed by atoms with E-state index < -0.39 is 6.10 Å². The van der Waals surface area contributed by atoms with Crippen LogP contribution in [0.15, 0.2) is 29.4 Å². The maximum atomic E-state index is 9.29. The van der Waals surface area contributed by atoms with Gasteiger partial charge < -0.3 is 15.2 Å². The standard InChI is InChI=1S/C12H12N4O2S/c17-5-7(18)6-19-12-14-11-10(15-16-12)8-3-1-2-4-9(8)13-11/h1-4,7,17-18H,5-6H2,(H,13,14,16). The van der Waals surface area contributed by atoms with Crippen molar-refractivity contribution in [3.63, 3.8) is 0 Å². The first-order valence-electron chi connectivity index (χ1n) is 5.81. The van der Waals surface area contributed by atoms with Crippen LogP contribution in [0.2, 0.25) is 0 Å². The zero-order valence-electron chi connectivity index (χ0n) is 9.95. The topological polar surface area (TPSA) is 94.9 Å². The number of nitrogens with one attached hydrogen (secondary N) is 1. The van der Waals surface area contributed by atoms with Crippen LogP contribution in [0.25, 0.3) is 22.1 Å². The molecule has 98 valence electrons. The molecule has 0 bridgehead atoms. The highest BCUT2D eigenvalue weighted by Gasteiger charge is 2.10. The van der Waals surface area contributed by atoms with E-state index in [0.29, 0.717) is 16.6 Å². The van der Waals surface area contributed by atoms with E-state index >= 15 is 0 Å². The van der Waals surface area contributed by atoms with E-state index in [0.717, 1.165) is 16.4 Å². The SMILES string of the molecule is OCC(O)CSc1nnc2c(n1)[nH]c1ccccc12. The lowest BCUT2D eigenvalue weighted by molar-refractivity contribution is 0.113. The summed E-state index contributed by atoms with van der Waals surface area (Å²) in [6.45, 7) is -0.269. The van der Waals surface area contributed by atoms with Crippen LogP contribution in [-0.4, -0.2) is 48.8 Å². The predicted molar refractivity (Wildman–Crippen MR) is 73.0 cm³/mol. The fourth-order valence-electron chi connectivity index (χ4n) is 1.79. The van der Waals surface area contributed by atoms with Crippen molar-refractivity contribution in [2.24, 2.45) is 0 Å². The van der Waals surface area contributed by atoms with E-state index in [1.165, 1.54) is 11.8 Å². The third-order valence-electron chi connectivity index (χ3n) is 2.72. The van der Waals surface area contributed by atoms with Crippen LogP contribution in [0.1, 0.15) is 0 Å². The van der Waals surface area contributed by atoms with Crippen LogP contribution in [0.5, 0.6) is 0 Å². The lowest BCUT2D eigenvalue weighted by Gasteiger charge is -2.04. The quantitative estimate of drug-likeness (QED) is 0.614. The Balaban J connectivity index is 1.95. The Morgan fingerprint density at radius 1 is 1.26 bits per heavy atom. The highest BCUT2D eigenvalue weighted by Crippen LogP contribution is 2.23. The molecule has 0 aliphatic heterocycles. The number of para-hydroxylation sites is 1. The highest BCUT2D eigenvalue weighted by atomic mass is 32.2. The number of hydrogen-bond donors (Lipinski definition) is 3. The molecule has 3 rings (SSSR count). The van der Waals surface area contributed by atoms with Crippen LogP contribution in [0.4, 0.5) is 0 Å². The molecule has 2 heterocycles. The number of aliphatic hydroxyl groups excluding tert-OH is 2. The van der Waals surface area contributed by atoms with E-state index in [1.54, 1.807) is 0 Å². The second-order valence-corrected chi connectivity index (χ2v) is 5.10. The minimum Gasteiger partial charge on any atom is -0.394 e. The Labute approximate surface area is 112 Å². The third-order valence-corrected chi connectivity index (χ3v) is 3.70. The molecule has 6 nitrogen and oxygen atoms in total. The average Bonchev–Trinajstić information content (AvgIpc) is 2.82. The van der Waals surface area contributed by atoms with Gasteiger partial charge in [0.05, 0.1) is 12.7 Å². The molecule has 19 heavy (non-hydrogen) atoms. The second kappa shape index (κ2) is 5.12. The molecule has 7 heteroatoms. The van der Waals surface area contributed by atoms with Gasteiger partial charge in [0.15, 0.2) is 5.65 Å². The molecule has 0 spiro atoms. The lowest BCUT2D eigenvalue weighted by Crippen LogP contribution is -2.14. The van der Waals surface area contributed by atoms with Gasteiger partial charge >= 0.3 is 0 Å². The molecule has 1 unspecified atom stereocenters. The van der Waals surface area contributed by atoms with Gasteiger partial charge in [-0.3, -0.25) is 0 Å². The molecule has 0 aliphatic carbocycles. The fourth-order valence-corrected chi connectivity index (χ4v) is 2.49. The summed E-state index contributed by atoms with van der Waals surface area (Å²) in [6, 6.07) is 7.81. The first-order chi connectivity index (χ1) is 9.28. The molecular weight excluding hydrogens is 264 g/mol. The molecule has 1 aromatic carbocycles. The van der Waals surface area contributed by atoms with Gasteiger partial charge in [-0.1, -0.05) is 30.0 Å². The zero-order valence-corrected chi connectivity index (χ0v) is 10.8. The molecule has 1 atom stereocenters. The summed E-state index contributed by atoms with van der Waals surface area (Å²) >= 11 is 1.26. The normalized spacial score (nSPS) is 13.2. The van der Waals surface area contributed by atoms with Crippen LogP contribution in [0, 0.1) is 0 Å². The number of rotatable bonds is 4. The van der Waals surface area contributed by atoms with Crippen molar-refractivity contribution < 1.29 is 10.2 Å². The summed E-state index contributed by atoms with van der Waals surface area (Å²) in [7, 11) is 0. The Bertz CT molecular complexity index is 715. The number of benzene rings is 1. The highest BCUT2D eigenvalue weighted by molar-refractivity contribution is 7.99. The van der Waals surface area contributed by atoms with Crippen molar-refractivity contribution in [2.45, 2.75) is 11.3 Å². The van der Waals surface area contributed by atoms with E-state index in [1.807, 2.05) is 24.3 Å². The third kappa shape index (κ3) is 2.40. The number of aliphatic hydroxyl groups is 2. The van der Waals surface area contributed by atoms with Crippen molar-refractivity contribution in [3.05, 3.63) is 24.3 Å². The van der Waals surface area contributed by atoms with Crippen LogP contribution >= 0.6 is 11.8 Å². The number of H-pyrrole nitrogens is 1. The van der Waals surface area contributed by atoms with Crippen molar-refractivity contribution in [3.8, 4) is 0 Å². The van der Waals surface area contributed by atoms with Crippen LogP contribution < -0.4 is 0 Å². The van der Waals surface area contributed by atoms with Crippen molar-refractivity contribution in [1.29, 1.82) is 0 Å². The maximum Gasteiger partial charge on any atom is 0.211 e. The smallest absolute Gasteiger partial charge is 0.211 e. The molecule has 3 N–H and O–H groups in total. The van der Waals surface area contributed by atoms with Gasteiger partial charge in [0.25, 0.3) is 0 Å². The van der Waals surface area contributed by atoms with Crippen molar-refractivity contribution >= 4 is 33.8 Å². The predicted octanol–water partition coefficient (Wildman–Crippen LogP) is 0.951. The first kappa shape index (κ1) is 12.3. The summed E-state index contributed by atoms with van der Waals surface area (Å²) in [5.74, 6) is 0.337. The molecule has 0 saturated carbocycles. The second-order valence-electron chi connectivity index (χ2n) is 4.11. The molecule has 0 fully saturated rings. The molecular formula is C12H12N4O2S. The van der Waals surface area contributed by atoms with Gasteiger partial charge in [-0.15, -0.1) is 10.2 Å². The van der Waals surface area contributed by atoms with Crippen LogP contribution in [0.3, 0.4) is 0 Å². The number of aromatic nitrogens is 4. The Kier molecular flexibility index (Phi) is 3.33. The first-order valence-corrected chi connectivity index (χ1v) is 6.79. The summed E-state index contributed by atoms with van der Waals surface area (Å²) in [6.07, 6.45) is -0.771. The maximum absolute atomic E-state index is 9.29. The van der Waals surface area contributed by atoms with E-state index in [2.05, 4.69) is 20.2 Å². The number of aromatic amines is 1. The molecule has 0 amide bonds. The van der Waals surface area contributed by atoms with Gasteiger partial charge in [-0.05, 0) is 6.07 Å². The summed E-state index contributed by atoms with van der Waals surface area (Å²) < 4.78 is 0. The Morgan fingerprint density at radius 2 is 2.11 bits per heavy atom. The number of nitrogens with zero attached hydrogens (tertiary/aromatic N) is 3. The van der Waals surface area contributed by atoms with Gasteiger partial charge in [-0.2, -0.15) is 0 Å². The van der Waals surface area contributed by atoms with Gasteiger partial charge in [0.1, 0.15) is 5.52 Å². The van der Waals surface area contributed by atoms with Gasteiger partial charge in [0.2, 0.25) is 5.16 Å². The zero-order chi connectivity index (χ0) is 13.2. The van der Waals surface area contributed by atoms with Crippen LogP contribution in [-0.2, 0) is 0 Å².